The fourth-order valence-electron chi connectivity index (χ4n) is 3.72. The van der Waals surface area contributed by atoms with Gasteiger partial charge in [0.25, 0.3) is 11.6 Å². The van der Waals surface area contributed by atoms with Crippen LogP contribution in [0.5, 0.6) is 5.75 Å². The van der Waals surface area contributed by atoms with E-state index in [-0.39, 0.29) is 28.8 Å². The average molecular weight is 562 g/mol. The number of nitro benzene ring substituents is 1. The zero-order valence-corrected chi connectivity index (χ0v) is 22.0. The average Bonchev–Trinajstić information content (AvgIpc) is 3.45. The molecule has 0 radical (unpaired) electrons. The number of rotatable bonds is 12. The molecule has 11 nitrogen and oxygen atoms in total. The number of hydrogen-bond donors (Lipinski definition) is 4. The Morgan fingerprint density at radius 1 is 1.02 bits per heavy atom. The number of hydrogen-bond acceptors (Lipinski definition) is 9. The van der Waals surface area contributed by atoms with Gasteiger partial charge in [-0.15, -0.1) is 0 Å². The third kappa shape index (κ3) is 7.91. The van der Waals surface area contributed by atoms with Crippen molar-refractivity contribution in [1.82, 2.24) is 10.3 Å². The highest BCUT2D eigenvalue weighted by Gasteiger charge is 2.25. The molecule has 2 amide bonds. The molecule has 206 valence electrons. The van der Waals surface area contributed by atoms with Gasteiger partial charge >= 0.3 is 0 Å². The quantitative estimate of drug-likeness (QED) is 0.146. The van der Waals surface area contributed by atoms with Crippen LogP contribution in [0.1, 0.15) is 33.5 Å². The predicted molar refractivity (Wildman–Crippen MR) is 151 cm³/mol. The molecule has 5 N–H and O–H groups in total. The number of aromatic hydroxyl groups is 1. The summed E-state index contributed by atoms with van der Waals surface area (Å²) in [6.45, 7) is 0. The first-order chi connectivity index (χ1) is 19.3. The van der Waals surface area contributed by atoms with Crippen LogP contribution in [0.4, 0.5) is 11.4 Å². The van der Waals surface area contributed by atoms with Gasteiger partial charge in [-0.1, -0.05) is 42.5 Å². The van der Waals surface area contributed by atoms with Crippen molar-refractivity contribution >= 4 is 35.0 Å². The number of aromatic nitrogens is 1. The highest BCUT2D eigenvalue weighted by molar-refractivity contribution is 7.98. The normalized spacial score (nSPS) is 12.3. The van der Waals surface area contributed by atoms with Crippen LogP contribution >= 0.6 is 11.8 Å². The van der Waals surface area contributed by atoms with Gasteiger partial charge in [0.15, 0.2) is 5.69 Å². The molecule has 4 rings (SSSR count). The van der Waals surface area contributed by atoms with Crippen molar-refractivity contribution in [3.63, 3.8) is 0 Å². The van der Waals surface area contributed by atoms with Crippen LogP contribution in [-0.2, 0) is 17.0 Å². The molecule has 1 aromatic heterocycles. The van der Waals surface area contributed by atoms with Crippen molar-refractivity contribution in [2.24, 2.45) is 5.73 Å². The number of carbonyl (C=O) groups is 2. The van der Waals surface area contributed by atoms with Crippen LogP contribution in [-0.4, -0.2) is 38.6 Å². The third-order valence-electron chi connectivity index (χ3n) is 5.83. The Hall–Kier alpha value is -4.68. The first kappa shape index (κ1) is 28.3. The molecule has 0 aliphatic carbocycles. The Morgan fingerprint density at radius 3 is 2.40 bits per heavy atom. The highest BCUT2D eigenvalue weighted by Crippen LogP contribution is 2.20. The van der Waals surface area contributed by atoms with E-state index < -0.39 is 28.8 Å². The standard InChI is InChI=1S/C28H27N5O6S/c29-23(14-18-6-12-22(34)13-7-18)28-32-24(15-39-28)26(35)31-25(17-40-16-19-4-2-1-3-5-19)27(36)30-20-8-10-21(11-9-20)33(37)38/h1-13,15,23,25,34H,14,16-17,29H2,(H,30,36)(H,31,35). The second-order valence-electron chi connectivity index (χ2n) is 8.87. The van der Waals surface area contributed by atoms with Crippen LogP contribution in [0.3, 0.4) is 0 Å². The Bertz CT molecular complexity index is 1440. The van der Waals surface area contributed by atoms with E-state index in [9.17, 15) is 24.8 Å². The monoisotopic (exact) mass is 561 g/mol. The van der Waals surface area contributed by atoms with E-state index in [1.54, 1.807) is 24.3 Å². The zero-order chi connectivity index (χ0) is 28.5. The first-order valence-corrected chi connectivity index (χ1v) is 13.4. The highest BCUT2D eigenvalue weighted by atomic mass is 32.2. The van der Waals surface area contributed by atoms with E-state index in [0.29, 0.717) is 17.9 Å². The van der Waals surface area contributed by atoms with Crippen LogP contribution in [0, 0.1) is 10.1 Å². The molecule has 0 saturated heterocycles. The lowest BCUT2D eigenvalue weighted by Gasteiger charge is -2.18. The molecular formula is C28H27N5O6S. The maximum atomic E-state index is 13.1. The van der Waals surface area contributed by atoms with E-state index in [2.05, 4.69) is 15.6 Å². The minimum absolute atomic E-state index is 0.0302. The minimum Gasteiger partial charge on any atom is -0.508 e. The summed E-state index contributed by atoms with van der Waals surface area (Å²) in [6.07, 6.45) is 1.56. The van der Waals surface area contributed by atoms with Gasteiger partial charge in [-0.2, -0.15) is 11.8 Å². The van der Waals surface area contributed by atoms with Gasteiger partial charge in [-0.05, 0) is 41.8 Å². The molecule has 0 saturated carbocycles. The van der Waals surface area contributed by atoms with Crippen LogP contribution in [0.25, 0.3) is 0 Å². The van der Waals surface area contributed by atoms with Crippen molar-refractivity contribution in [3.05, 3.63) is 118 Å². The summed E-state index contributed by atoms with van der Waals surface area (Å²) in [7, 11) is 0. The Balaban J connectivity index is 1.42. The van der Waals surface area contributed by atoms with Gasteiger partial charge in [-0.25, -0.2) is 4.98 Å². The third-order valence-corrected chi connectivity index (χ3v) is 6.93. The topological polar surface area (TPSA) is 174 Å². The van der Waals surface area contributed by atoms with E-state index in [1.807, 2.05) is 30.3 Å². The number of carbonyl (C=O) groups excluding carboxylic acids is 2. The molecule has 12 heteroatoms. The number of non-ortho nitro benzene ring substituents is 1. The molecule has 0 aliphatic heterocycles. The molecule has 2 unspecified atom stereocenters. The number of nitrogens with two attached hydrogens (primary N) is 1. The van der Waals surface area contributed by atoms with E-state index in [4.69, 9.17) is 10.2 Å². The fraction of sp³-hybridized carbons (Fsp3) is 0.179. The van der Waals surface area contributed by atoms with Gasteiger partial charge in [0, 0.05) is 29.3 Å². The molecular weight excluding hydrogens is 534 g/mol. The zero-order valence-electron chi connectivity index (χ0n) is 21.2. The number of thioether (sulfide) groups is 1. The second-order valence-corrected chi connectivity index (χ2v) is 9.90. The smallest absolute Gasteiger partial charge is 0.273 e. The first-order valence-electron chi connectivity index (χ1n) is 12.3. The lowest BCUT2D eigenvalue weighted by atomic mass is 10.1. The number of nitrogens with one attached hydrogen (secondary N) is 2. The van der Waals surface area contributed by atoms with Crippen molar-refractivity contribution in [1.29, 1.82) is 0 Å². The number of nitro groups is 1. The number of benzene rings is 3. The summed E-state index contributed by atoms with van der Waals surface area (Å²) < 4.78 is 5.44. The summed E-state index contributed by atoms with van der Waals surface area (Å²) in [4.78, 5) is 40.8. The van der Waals surface area contributed by atoms with E-state index >= 15 is 0 Å². The van der Waals surface area contributed by atoms with Gasteiger partial charge in [0.05, 0.1) is 11.0 Å². The molecule has 0 aliphatic rings. The SMILES string of the molecule is NC(Cc1ccc(O)cc1)c1nc(C(=O)NC(CSCc2ccccc2)C(=O)Nc2ccc([N+](=O)[O-])cc2)co1. The molecule has 0 fully saturated rings. The van der Waals surface area contributed by atoms with E-state index in [0.717, 1.165) is 11.1 Å². The van der Waals surface area contributed by atoms with Crippen LogP contribution < -0.4 is 16.4 Å². The number of phenols is 1. The minimum atomic E-state index is -0.942. The molecule has 1 heterocycles. The lowest BCUT2D eigenvalue weighted by Crippen LogP contribution is -2.45. The number of oxazole rings is 1. The number of amides is 2. The summed E-state index contributed by atoms with van der Waals surface area (Å²) >= 11 is 1.46. The predicted octanol–water partition coefficient (Wildman–Crippen LogP) is 4.20. The summed E-state index contributed by atoms with van der Waals surface area (Å²) in [5.41, 5.74) is 8.34. The largest absolute Gasteiger partial charge is 0.508 e. The fourth-order valence-corrected chi connectivity index (χ4v) is 4.73. The number of anilines is 1. The lowest BCUT2D eigenvalue weighted by molar-refractivity contribution is -0.384. The van der Waals surface area contributed by atoms with Gasteiger partial charge < -0.3 is 25.9 Å². The maximum Gasteiger partial charge on any atom is 0.273 e. The van der Waals surface area contributed by atoms with Crippen molar-refractivity contribution in [2.75, 3.05) is 11.1 Å². The Morgan fingerprint density at radius 2 is 1.73 bits per heavy atom. The Labute approximate surface area is 234 Å². The summed E-state index contributed by atoms with van der Waals surface area (Å²) in [5, 5.41) is 25.8. The Kier molecular flexibility index (Phi) is 9.49. The van der Waals surface area contributed by atoms with Crippen molar-refractivity contribution in [3.8, 4) is 5.75 Å². The molecule has 40 heavy (non-hydrogen) atoms. The number of phenolic OH excluding ortho intramolecular Hbond substituents is 1. The van der Waals surface area contributed by atoms with Crippen LogP contribution in [0.15, 0.2) is 89.5 Å². The molecule has 3 aromatic carbocycles. The maximum absolute atomic E-state index is 13.1. The van der Waals surface area contributed by atoms with E-state index in [1.165, 1.54) is 42.3 Å². The number of nitrogens with zero attached hydrogens (tertiary/aromatic N) is 2. The molecule has 4 aromatic rings. The van der Waals surface area contributed by atoms with Crippen LogP contribution in [0.2, 0.25) is 0 Å². The molecule has 0 bridgehead atoms. The molecule has 2 atom stereocenters. The van der Waals surface area contributed by atoms with Crippen molar-refractivity contribution < 1.29 is 24.0 Å². The van der Waals surface area contributed by atoms with Gasteiger partial charge in [0.2, 0.25) is 11.8 Å². The van der Waals surface area contributed by atoms with Gasteiger partial charge in [0.1, 0.15) is 18.1 Å². The van der Waals surface area contributed by atoms with Gasteiger partial charge in [-0.3, -0.25) is 19.7 Å². The molecule has 0 spiro atoms. The summed E-state index contributed by atoms with van der Waals surface area (Å²) in [6, 6.07) is 20.1. The second kappa shape index (κ2) is 13.4. The summed E-state index contributed by atoms with van der Waals surface area (Å²) in [5.74, 6) is 0.0690. The van der Waals surface area contributed by atoms with Crippen molar-refractivity contribution in [2.45, 2.75) is 24.3 Å².